The third-order valence-electron chi connectivity index (χ3n) is 6.60. The van der Waals surface area contributed by atoms with Crippen molar-refractivity contribution in [2.75, 3.05) is 0 Å². The van der Waals surface area contributed by atoms with Crippen molar-refractivity contribution < 1.29 is 0 Å². The van der Waals surface area contributed by atoms with E-state index < -0.39 is 0 Å². The number of nitrogens with zero attached hydrogens (tertiary/aromatic N) is 3. The van der Waals surface area contributed by atoms with Gasteiger partial charge in [0.25, 0.3) is 0 Å². The van der Waals surface area contributed by atoms with Crippen molar-refractivity contribution >= 4 is 69.7 Å². The van der Waals surface area contributed by atoms with Crippen LogP contribution in [0, 0.1) is 0 Å². The van der Waals surface area contributed by atoms with Crippen molar-refractivity contribution in [1.82, 2.24) is 14.4 Å². The molecule has 4 aromatic heterocycles. The van der Waals surface area contributed by atoms with Gasteiger partial charge in [0.15, 0.2) is 5.82 Å². The lowest BCUT2D eigenvalue weighted by Gasteiger charge is -2.03. The van der Waals surface area contributed by atoms with Gasteiger partial charge in [0.2, 0.25) is 0 Å². The molecule has 3 nitrogen and oxygen atoms in total. The molecule has 0 N–H and O–H groups in total. The molecule has 0 aliphatic rings. The van der Waals surface area contributed by atoms with Gasteiger partial charge in [-0.05, 0) is 18.2 Å². The molecular formula is C28H15N3S. The first-order chi connectivity index (χ1) is 15.9. The fraction of sp³-hybridized carbons (Fsp3) is 0. The normalized spacial score (nSPS) is 12.4. The summed E-state index contributed by atoms with van der Waals surface area (Å²) in [6.07, 6.45) is 1.97. The highest BCUT2D eigenvalue weighted by molar-refractivity contribution is 7.25. The van der Waals surface area contributed by atoms with Gasteiger partial charge < -0.3 is 4.40 Å². The molecule has 148 valence electrons. The highest BCUT2D eigenvalue weighted by Crippen LogP contribution is 2.40. The molecule has 0 unspecified atom stereocenters. The highest BCUT2D eigenvalue weighted by atomic mass is 32.1. The molecule has 4 heterocycles. The number of fused-ring (bicyclic) bond motifs is 9. The van der Waals surface area contributed by atoms with Gasteiger partial charge in [-0.25, -0.2) is 9.97 Å². The minimum Gasteiger partial charge on any atom is -0.308 e. The summed E-state index contributed by atoms with van der Waals surface area (Å²) in [6, 6.07) is 30.3. The first-order valence-corrected chi connectivity index (χ1v) is 11.5. The number of hydrogen-bond acceptors (Lipinski definition) is 3. The number of thiophene rings is 1. The summed E-state index contributed by atoms with van der Waals surface area (Å²) >= 11 is 1.75. The van der Waals surface area contributed by atoms with Crippen molar-refractivity contribution in [2.24, 2.45) is 0 Å². The summed E-state index contributed by atoms with van der Waals surface area (Å²) in [5.41, 5.74) is 5.81. The molecule has 8 aromatic rings. The maximum atomic E-state index is 5.00. The molecule has 32 heavy (non-hydrogen) atoms. The Hall–Kier alpha value is -4.02. The number of para-hydroxylation sites is 2. The van der Waals surface area contributed by atoms with E-state index in [9.17, 15) is 0 Å². The Morgan fingerprint density at radius 1 is 0.625 bits per heavy atom. The predicted molar refractivity (Wildman–Crippen MR) is 135 cm³/mol. The van der Waals surface area contributed by atoms with Crippen molar-refractivity contribution in [3.63, 3.8) is 0 Å². The summed E-state index contributed by atoms with van der Waals surface area (Å²) in [5.74, 6) is 0.771. The van der Waals surface area contributed by atoms with Crippen LogP contribution < -0.4 is 0 Å². The molecule has 0 radical (unpaired) electrons. The number of rotatable bonds is 1. The Morgan fingerprint density at radius 2 is 1.38 bits per heavy atom. The molecule has 0 spiro atoms. The molecule has 0 atom stereocenters. The number of aromatic nitrogens is 3. The molecule has 0 saturated heterocycles. The maximum Gasteiger partial charge on any atom is 0.159 e. The van der Waals surface area contributed by atoms with Crippen molar-refractivity contribution in [3.05, 3.63) is 91.1 Å². The molecule has 8 rings (SSSR count). The molecule has 0 fully saturated rings. The Bertz CT molecular complexity index is 1990. The average molecular weight is 426 g/mol. The lowest BCUT2D eigenvalue weighted by molar-refractivity contribution is 1.24. The van der Waals surface area contributed by atoms with Crippen LogP contribution in [0.1, 0.15) is 0 Å². The van der Waals surface area contributed by atoms with Gasteiger partial charge in [0, 0.05) is 43.4 Å². The van der Waals surface area contributed by atoms with Crippen LogP contribution in [0.15, 0.2) is 91.1 Å². The standard InChI is InChI=1S/C28H15N3S/c1-3-10-22-17(6-1)19-8-5-9-20-18-13-12-16(14-23(18)31(22)27(19)20)28-29-15-25-26(30-28)21-7-2-4-11-24(21)32-25/h1-15H. The fourth-order valence-electron chi connectivity index (χ4n) is 5.22. The van der Waals surface area contributed by atoms with Crippen molar-refractivity contribution in [1.29, 1.82) is 0 Å². The van der Waals surface area contributed by atoms with Crippen molar-refractivity contribution in [2.45, 2.75) is 0 Å². The topological polar surface area (TPSA) is 30.2 Å². The zero-order valence-corrected chi connectivity index (χ0v) is 17.7. The number of hydrogen-bond donors (Lipinski definition) is 0. The molecule has 4 aromatic carbocycles. The van der Waals surface area contributed by atoms with Crippen LogP contribution >= 0.6 is 11.3 Å². The summed E-state index contributed by atoms with van der Waals surface area (Å²) in [4.78, 5) is 9.73. The van der Waals surface area contributed by atoms with Crippen LogP contribution in [0.2, 0.25) is 0 Å². The monoisotopic (exact) mass is 425 g/mol. The summed E-state index contributed by atoms with van der Waals surface area (Å²) in [7, 11) is 0. The first-order valence-electron chi connectivity index (χ1n) is 10.7. The third kappa shape index (κ3) is 2.00. The second kappa shape index (κ2) is 5.81. The van der Waals surface area contributed by atoms with Gasteiger partial charge in [0.1, 0.15) is 0 Å². The van der Waals surface area contributed by atoms with E-state index in [1.807, 2.05) is 6.20 Å². The van der Waals surface area contributed by atoms with E-state index >= 15 is 0 Å². The molecule has 0 bridgehead atoms. The van der Waals surface area contributed by atoms with E-state index in [0.717, 1.165) is 21.6 Å². The molecule has 4 heteroatoms. The van der Waals surface area contributed by atoms with Crippen LogP contribution in [0.25, 0.3) is 69.8 Å². The second-order valence-electron chi connectivity index (χ2n) is 8.29. The van der Waals surface area contributed by atoms with Gasteiger partial charge in [-0.15, -0.1) is 11.3 Å². The lowest BCUT2D eigenvalue weighted by atomic mass is 10.1. The Kier molecular flexibility index (Phi) is 3.02. The minimum absolute atomic E-state index is 0.771. The molecular weight excluding hydrogens is 410 g/mol. The second-order valence-corrected chi connectivity index (χ2v) is 9.37. The predicted octanol–water partition coefficient (Wildman–Crippen LogP) is 7.66. The Morgan fingerprint density at radius 3 is 2.28 bits per heavy atom. The van der Waals surface area contributed by atoms with E-state index in [-0.39, 0.29) is 0 Å². The molecule has 0 amide bonds. The Labute approximate surface area is 186 Å². The van der Waals surface area contributed by atoms with E-state index in [4.69, 9.17) is 9.97 Å². The molecule has 0 saturated carbocycles. The zero-order valence-electron chi connectivity index (χ0n) is 16.9. The van der Waals surface area contributed by atoms with Crippen LogP contribution in [0.3, 0.4) is 0 Å². The van der Waals surface area contributed by atoms with Crippen LogP contribution in [-0.4, -0.2) is 14.4 Å². The molecule has 0 aliphatic carbocycles. The van der Waals surface area contributed by atoms with Gasteiger partial charge in [0.05, 0.1) is 26.8 Å². The van der Waals surface area contributed by atoms with E-state index in [2.05, 4.69) is 89.3 Å². The quantitative estimate of drug-likeness (QED) is 0.270. The summed E-state index contributed by atoms with van der Waals surface area (Å²) in [6.45, 7) is 0. The number of benzene rings is 4. The minimum atomic E-state index is 0.771. The van der Waals surface area contributed by atoms with Crippen LogP contribution in [-0.2, 0) is 0 Å². The largest absolute Gasteiger partial charge is 0.308 e. The smallest absolute Gasteiger partial charge is 0.159 e. The lowest BCUT2D eigenvalue weighted by Crippen LogP contribution is -1.89. The van der Waals surface area contributed by atoms with Gasteiger partial charge in [-0.3, -0.25) is 0 Å². The van der Waals surface area contributed by atoms with E-state index in [1.165, 1.54) is 48.2 Å². The SMILES string of the molecule is c1ccc2c(c1)sc1cnc(-c3ccc4c5cccc6c7ccccc7n(c4c3)c65)nc12. The van der Waals surface area contributed by atoms with Gasteiger partial charge >= 0.3 is 0 Å². The van der Waals surface area contributed by atoms with E-state index in [0.29, 0.717) is 0 Å². The zero-order chi connectivity index (χ0) is 20.8. The van der Waals surface area contributed by atoms with E-state index in [1.54, 1.807) is 11.3 Å². The summed E-state index contributed by atoms with van der Waals surface area (Å²) in [5, 5.41) is 6.35. The van der Waals surface area contributed by atoms with Gasteiger partial charge in [-0.2, -0.15) is 0 Å². The van der Waals surface area contributed by atoms with Gasteiger partial charge in [-0.1, -0.05) is 66.7 Å². The third-order valence-corrected chi connectivity index (χ3v) is 7.69. The first kappa shape index (κ1) is 16.6. The maximum absolute atomic E-state index is 5.00. The average Bonchev–Trinajstić information content (AvgIpc) is 3.50. The molecule has 0 aliphatic heterocycles. The highest BCUT2D eigenvalue weighted by Gasteiger charge is 2.18. The summed E-state index contributed by atoms with van der Waals surface area (Å²) < 4.78 is 4.78. The van der Waals surface area contributed by atoms with Crippen LogP contribution in [0.4, 0.5) is 0 Å². The fourth-order valence-corrected chi connectivity index (χ4v) is 6.23. The Balaban J connectivity index is 1.47. The van der Waals surface area contributed by atoms with Crippen LogP contribution in [0.5, 0.6) is 0 Å². The van der Waals surface area contributed by atoms with Crippen molar-refractivity contribution in [3.8, 4) is 11.4 Å².